The second-order valence-corrected chi connectivity index (χ2v) is 4.50. The molecule has 0 saturated carbocycles. The van der Waals surface area contributed by atoms with Crippen molar-refractivity contribution in [2.45, 2.75) is 19.8 Å². The van der Waals surface area contributed by atoms with Crippen LogP contribution in [0.5, 0.6) is 11.5 Å². The van der Waals surface area contributed by atoms with E-state index in [0.717, 1.165) is 12.0 Å². The van der Waals surface area contributed by atoms with Crippen molar-refractivity contribution in [2.24, 2.45) is 0 Å². The fourth-order valence-electron chi connectivity index (χ4n) is 1.91. The molecule has 118 valence electrons. The molecule has 0 spiro atoms. The van der Waals surface area contributed by atoms with Crippen molar-refractivity contribution in [1.82, 2.24) is 0 Å². The van der Waals surface area contributed by atoms with Crippen LogP contribution >= 0.6 is 0 Å². The number of hydrogen-bond acceptors (Lipinski definition) is 6. The molecule has 6 nitrogen and oxygen atoms in total. The number of rotatable bonds is 10. The largest absolute Gasteiger partial charge is 0.428 e. The summed E-state index contributed by atoms with van der Waals surface area (Å²) in [6, 6.07) is 5.58. The van der Waals surface area contributed by atoms with Crippen LogP contribution in [-0.2, 0) is 20.6 Å². The molecule has 1 atom stereocenters. The Balaban J connectivity index is 1.54. The monoisotopic (exact) mass is 298 g/mol. The van der Waals surface area contributed by atoms with E-state index >= 15 is 0 Å². The average molecular weight is 298 g/mol. The minimum atomic E-state index is -1.19. The summed E-state index contributed by atoms with van der Waals surface area (Å²) in [7, 11) is 0. The first-order valence-electron chi connectivity index (χ1n) is 7.17. The van der Waals surface area contributed by atoms with Gasteiger partial charge in [-0.2, -0.15) is 0 Å². The lowest BCUT2D eigenvalue weighted by Crippen LogP contribution is -2.15. The Hall–Kier alpha value is -1.34. The summed E-state index contributed by atoms with van der Waals surface area (Å²) in [5.74, 6) is 1.13. The van der Waals surface area contributed by atoms with Gasteiger partial charge < -0.3 is 28.8 Å². The van der Waals surface area contributed by atoms with Crippen molar-refractivity contribution in [1.29, 1.82) is 0 Å². The first kappa shape index (κ1) is 16.0. The Bertz CT molecular complexity index is 423. The molecule has 1 aromatic carbocycles. The van der Waals surface area contributed by atoms with Gasteiger partial charge in [-0.15, -0.1) is 0 Å². The fourth-order valence-corrected chi connectivity index (χ4v) is 1.91. The Morgan fingerprint density at radius 1 is 0.952 bits per heavy atom. The van der Waals surface area contributed by atoms with Gasteiger partial charge in [-0.3, -0.25) is 0 Å². The quantitative estimate of drug-likeness (QED) is 0.658. The maximum Gasteiger partial charge on any atom is 0.358 e. The zero-order valence-corrected chi connectivity index (χ0v) is 12.2. The Labute approximate surface area is 124 Å². The maximum atomic E-state index is 9.20. The Morgan fingerprint density at radius 3 is 2.38 bits per heavy atom. The van der Waals surface area contributed by atoms with Crippen molar-refractivity contribution in [3.05, 3.63) is 23.8 Å². The molecule has 1 N–H and O–H groups in total. The highest BCUT2D eigenvalue weighted by molar-refractivity contribution is 5.44. The summed E-state index contributed by atoms with van der Waals surface area (Å²) in [4.78, 5) is 0. The lowest BCUT2D eigenvalue weighted by atomic mass is 10.1. The van der Waals surface area contributed by atoms with Gasteiger partial charge in [0.05, 0.1) is 33.0 Å². The standard InChI is InChI=1S/C15H22O6/c1-2-17-7-8-19-10-9-18-6-5-12-3-4-13-14(11-12)21-15(16)20-13/h3-4,11,15-16H,2,5-10H2,1H3. The number of benzene rings is 1. The van der Waals surface area contributed by atoms with E-state index in [0.29, 0.717) is 51.1 Å². The van der Waals surface area contributed by atoms with E-state index in [1.54, 1.807) is 6.07 Å². The number of aliphatic hydroxyl groups is 1. The smallest absolute Gasteiger partial charge is 0.358 e. The van der Waals surface area contributed by atoms with Gasteiger partial charge in [0.2, 0.25) is 0 Å². The third kappa shape index (κ3) is 5.51. The van der Waals surface area contributed by atoms with Crippen LogP contribution in [0.15, 0.2) is 18.2 Å². The summed E-state index contributed by atoms with van der Waals surface area (Å²) in [5, 5.41) is 9.20. The van der Waals surface area contributed by atoms with Crippen LogP contribution in [0.1, 0.15) is 12.5 Å². The minimum absolute atomic E-state index is 0.565. The molecular weight excluding hydrogens is 276 g/mol. The summed E-state index contributed by atoms with van der Waals surface area (Å²) in [6.45, 7) is 4.45. The molecule has 2 rings (SSSR count). The summed E-state index contributed by atoms with van der Waals surface area (Å²) in [5.41, 5.74) is 1.07. The van der Waals surface area contributed by atoms with Gasteiger partial charge in [-0.25, -0.2) is 0 Å². The van der Waals surface area contributed by atoms with Crippen LogP contribution in [0.4, 0.5) is 0 Å². The van der Waals surface area contributed by atoms with E-state index in [-0.39, 0.29) is 0 Å². The highest BCUT2D eigenvalue weighted by Gasteiger charge is 2.21. The molecule has 0 saturated heterocycles. The van der Waals surface area contributed by atoms with Crippen LogP contribution in [0.3, 0.4) is 0 Å². The highest BCUT2D eigenvalue weighted by atomic mass is 16.8. The third-order valence-corrected chi connectivity index (χ3v) is 2.95. The van der Waals surface area contributed by atoms with E-state index in [2.05, 4.69) is 0 Å². The van der Waals surface area contributed by atoms with Crippen LogP contribution in [0.25, 0.3) is 0 Å². The number of aliphatic hydroxyl groups excluding tert-OH is 1. The number of fused-ring (bicyclic) bond motifs is 1. The first-order valence-corrected chi connectivity index (χ1v) is 7.17. The predicted molar refractivity (Wildman–Crippen MR) is 75.5 cm³/mol. The molecule has 1 aromatic rings. The maximum absolute atomic E-state index is 9.20. The summed E-state index contributed by atoms with van der Waals surface area (Å²) >= 11 is 0. The second-order valence-electron chi connectivity index (χ2n) is 4.50. The van der Waals surface area contributed by atoms with Crippen LogP contribution in [-0.4, -0.2) is 51.2 Å². The van der Waals surface area contributed by atoms with Crippen molar-refractivity contribution in [3.63, 3.8) is 0 Å². The van der Waals surface area contributed by atoms with Crippen molar-refractivity contribution < 1.29 is 28.8 Å². The van der Waals surface area contributed by atoms with Gasteiger partial charge in [-0.05, 0) is 31.0 Å². The molecule has 0 fully saturated rings. The van der Waals surface area contributed by atoms with E-state index in [4.69, 9.17) is 23.7 Å². The minimum Gasteiger partial charge on any atom is -0.428 e. The molecular formula is C15H22O6. The Morgan fingerprint density at radius 2 is 1.62 bits per heavy atom. The third-order valence-electron chi connectivity index (χ3n) is 2.95. The zero-order valence-electron chi connectivity index (χ0n) is 12.2. The highest BCUT2D eigenvalue weighted by Crippen LogP contribution is 2.34. The van der Waals surface area contributed by atoms with E-state index < -0.39 is 6.48 Å². The molecule has 1 aliphatic rings. The van der Waals surface area contributed by atoms with Gasteiger partial charge in [-0.1, -0.05) is 6.07 Å². The molecule has 1 aliphatic heterocycles. The molecule has 21 heavy (non-hydrogen) atoms. The van der Waals surface area contributed by atoms with Gasteiger partial charge in [0.15, 0.2) is 11.5 Å². The predicted octanol–water partition coefficient (Wildman–Crippen LogP) is 1.35. The van der Waals surface area contributed by atoms with Crippen molar-refractivity contribution in [2.75, 3.05) is 39.6 Å². The van der Waals surface area contributed by atoms with Crippen molar-refractivity contribution in [3.8, 4) is 11.5 Å². The average Bonchev–Trinajstić information content (AvgIpc) is 2.85. The van der Waals surface area contributed by atoms with Gasteiger partial charge in [0.25, 0.3) is 0 Å². The molecule has 6 heteroatoms. The number of hydrogen-bond donors (Lipinski definition) is 1. The van der Waals surface area contributed by atoms with Crippen molar-refractivity contribution >= 4 is 0 Å². The van der Waals surface area contributed by atoms with Gasteiger partial charge >= 0.3 is 6.48 Å². The lowest BCUT2D eigenvalue weighted by molar-refractivity contribution is -0.133. The number of ether oxygens (including phenoxy) is 5. The molecule has 0 radical (unpaired) electrons. The Kier molecular flexibility index (Phi) is 6.75. The van der Waals surface area contributed by atoms with Gasteiger partial charge in [0.1, 0.15) is 0 Å². The van der Waals surface area contributed by atoms with Gasteiger partial charge in [0, 0.05) is 6.61 Å². The summed E-state index contributed by atoms with van der Waals surface area (Å²) in [6.07, 6.45) is 0.770. The molecule has 1 unspecified atom stereocenters. The lowest BCUT2D eigenvalue weighted by Gasteiger charge is -2.06. The topological polar surface area (TPSA) is 66.4 Å². The zero-order chi connectivity index (χ0) is 14.9. The van der Waals surface area contributed by atoms with Crippen LogP contribution in [0.2, 0.25) is 0 Å². The SMILES string of the molecule is CCOCCOCCOCCc1ccc2c(c1)OC(O)O2. The van der Waals surface area contributed by atoms with Crippen LogP contribution in [0, 0.1) is 0 Å². The molecule has 0 aromatic heterocycles. The van der Waals surface area contributed by atoms with E-state index in [1.165, 1.54) is 0 Å². The molecule has 0 bridgehead atoms. The molecule has 0 aliphatic carbocycles. The van der Waals surface area contributed by atoms with E-state index in [9.17, 15) is 5.11 Å². The van der Waals surface area contributed by atoms with E-state index in [1.807, 2.05) is 19.1 Å². The fraction of sp³-hybridized carbons (Fsp3) is 0.600. The normalized spacial score (nSPS) is 16.4. The first-order chi connectivity index (χ1) is 10.3. The molecule has 0 amide bonds. The van der Waals surface area contributed by atoms with Crippen LogP contribution < -0.4 is 9.47 Å². The summed E-state index contributed by atoms with van der Waals surface area (Å²) < 4.78 is 26.1. The second kappa shape index (κ2) is 8.84. The molecule has 1 heterocycles.